The van der Waals surface area contributed by atoms with E-state index in [-0.39, 0.29) is 0 Å². The summed E-state index contributed by atoms with van der Waals surface area (Å²) in [6.45, 7) is 5.98. The van der Waals surface area contributed by atoms with E-state index in [1.54, 1.807) is 0 Å². The molecule has 1 aromatic heterocycles. The summed E-state index contributed by atoms with van der Waals surface area (Å²) in [5, 5.41) is 8.03. The van der Waals surface area contributed by atoms with Crippen LogP contribution in [0.3, 0.4) is 0 Å². The van der Waals surface area contributed by atoms with Gasteiger partial charge in [-0.2, -0.15) is 5.10 Å². The molecule has 0 atom stereocenters. The molecule has 0 radical (unpaired) electrons. The molecule has 1 N–H and O–H groups in total. The van der Waals surface area contributed by atoms with Crippen LogP contribution in [0.15, 0.2) is 6.20 Å². The Morgan fingerprint density at radius 2 is 2.24 bits per heavy atom. The summed E-state index contributed by atoms with van der Waals surface area (Å²) in [5.41, 5.74) is 2.54. The van der Waals surface area contributed by atoms with Crippen molar-refractivity contribution in [3.05, 3.63) is 17.5 Å². The molecule has 1 fully saturated rings. The Kier molecular flexibility index (Phi) is 4.18. The summed E-state index contributed by atoms with van der Waals surface area (Å²) in [4.78, 5) is 0. The Balaban J connectivity index is 1.75. The first kappa shape index (κ1) is 12.6. The molecule has 0 amide bonds. The van der Waals surface area contributed by atoms with Gasteiger partial charge in [0.25, 0.3) is 0 Å². The highest BCUT2D eigenvalue weighted by Crippen LogP contribution is 2.23. The van der Waals surface area contributed by atoms with Crippen LogP contribution in [0.25, 0.3) is 0 Å². The first-order valence-electron chi connectivity index (χ1n) is 6.59. The van der Waals surface area contributed by atoms with Gasteiger partial charge in [0.1, 0.15) is 0 Å². The van der Waals surface area contributed by atoms with Crippen molar-refractivity contribution in [3.63, 3.8) is 0 Å². The van der Waals surface area contributed by atoms with Gasteiger partial charge in [0.05, 0.1) is 11.8 Å². The van der Waals surface area contributed by atoms with E-state index in [1.807, 2.05) is 11.7 Å². The van der Waals surface area contributed by atoms with Gasteiger partial charge in [-0.15, -0.1) is 0 Å². The molecule has 0 unspecified atom stereocenters. The third kappa shape index (κ3) is 3.07. The van der Waals surface area contributed by atoms with E-state index < -0.39 is 0 Å². The summed E-state index contributed by atoms with van der Waals surface area (Å²) < 4.78 is 7.46. The SMILES string of the molecule is CCOC1CC(NCc2cn(C)nc2CC)C1. The predicted molar refractivity (Wildman–Crippen MR) is 67.9 cm³/mol. The quantitative estimate of drug-likeness (QED) is 0.817. The van der Waals surface area contributed by atoms with E-state index in [1.165, 1.54) is 11.3 Å². The zero-order valence-corrected chi connectivity index (χ0v) is 11.1. The van der Waals surface area contributed by atoms with Crippen molar-refractivity contribution in [2.45, 2.75) is 51.8 Å². The fourth-order valence-electron chi connectivity index (χ4n) is 2.39. The lowest BCUT2D eigenvalue weighted by Gasteiger charge is -2.35. The molecule has 2 rings (SSSR count). The maximum Gasteiger partial charge on any atom is 0.0666 e. The number of hydrogen-bond acceptors (Lipinski definition) is 3. The van der Waals surface area contributed by atoms with Crippen molar-refractivity contribution in [2.75, 3.05) is 6.61 Å². The van der Waals surface area contributed by atoms with Crippen LogP contribution in [0.2, 0.25) is 0 Å². The molecule has 1 aliphatic rings. The molecule has 4 heteroatoms. The van der Waals surface area contributed by atoms with E-state index in [0.29, 0.717) is 12.1 Å². The molecule has 1 aromatic rings. The third-order valence-corrected chi connectivity index (χ3v) is 3.41. The van der Waals surface area contributed by atoms with E-state index >= 15 is 0 Å². The molecule has 0 spiro atoms. The maximum atomic E-state index is 5.55. The molecular formula is C13H23N3O. The molecule has 0 aliphatic heterocycles. The van der Waals surface area contributed by atoms with Crippen LogP contribution in [-0.4, -0.2) is 28.5 Å². The standard InChI is InChI=1S/C13H23N3O/c1-4-13-10(9-16(3)15-13)8-14-11-6-12(7-11)17-5-2/h9,11-12,14H,4-8H2,1-3H3. The predicted octanol–water partition coefficient (Wildman–Crippen LogP) is 1.64. The van der Waals surface area contributed by atoms with Crippen molar-refractivity contribution >= 4 is 0 Å². The van der Waals surface area contributed by atoms with E-state index in [9.17, 15) is 0 Å². The average molecular weight is 237 g/mol. The largest absolute Gasteiger partial charge is 0.378 e. The van der Waals surface area contributed by atoms with E-state index in [2.05, 4.69) is 30.5 Å². The minimum absolute atomic E-state index is 0.483. The fraction of sp³-hybridized carbons (Fsp3) is 0.769. The van der Waals surface area contributed by atoms with Crippen LogP contribution >= 0.6 is 0 Å². The Hall–Kier alpha value is -0.870. The number of aromatic nitrogens is 2. The normalized spacial score (nSPS) is 23.7. The number of aryl methyl sites for hydroxylation is 2. The first-order valence-corrected chi connectivity index (χ1v) is 6.59. The molecule has 1 saturated carbocycles. The smallest absolute Gasteiger partial charge is 0.0666 e. The van der Waals surface area contributed by atoms with Crippen LogP contribution in [0.1, 0.15) is 37.9 Å². The van der Waals surface area contributed by atoms with Crippen molar-refractivity contribution in [3.8, 4) is 0 Å². The van der Waals surface area contributed by atoms with Crippen molar-refractivity contribution in [1.29, 1.82) is 0 Å². The van der Waals surface area contributed by atoms with Gasteiger partial charge < -0.3 is 10.1 Å². The summed E-state index contributed by atoms with van der Waals surface area (Å²) in [5.74, 6) is 0. The van der Waals surface area contributed by atoms with Gasteiger partial charge in [-0.05, 0) is 26.2 Å². The summed E-state index contributed by atoms with van der Waals surface area (Å²) in [7, 11) is 1.98. The van der Waals surface area contributed by atoms with E-state index in [4.69, 9.17) is 4.74 Å². The Morgan fingerprint density at radius 1 is 1.47 bits per heavy atom. The lowest BCUT2D eigenvalue weighted by atomic mass is 9.89. The van der Waals surface area contributed by atoms with Crippen molar-refractivity contribution < 1.29 is 4.74 Å². The monoisotopic (exact) mass is 237 g/mol. The van der Waals surface area contributed by atoms with Gasteiger partial charge in [0.15, 0.2) is 0 Å². The summed E-state index contributed by atoms with van der Waals surface area (Å²) in [6.07, 6.45) is 5.90. The summed E-state index contributed by atoms with van der Waals surface area (Å²) >= 11 is 0. The third-order valence-electron chi connectivity index (χ3n) is 3.41. The van der Waals surface area contributed by atoms with Crippen LogP contribution in [0.5, 0.6) is 0 Å². The second kappa shape index (κ2) is 5.65. The zero-order valence-electron chi connectivity index (χ0n) is 11.1. The molecule has 96 valence electrons. The Bertz CT molecular complexity index is 356. The lowest BCUT2D eigenvalue weighted by Crippen LogP contribution is -2.45. The fourth-order valence-corrected chi connectivity index (χ4v) is 2.39. The average Bonchev–Trinajstić information content (AvgIpc) is 2.62. The lowest BCUT2D eigenvalue weighted by molar-refractivity contribution is -0.0102. The number of nitrogens with zero attached hydrogens (tertiary/aromatic N) is 2. The number of hydrogen-bond donors (Lipinski definition) is 1. The van der Waals surface area contributed by atoms with Crippen LogP contribution in [-0.2, 0) is 24.8 Å². The molecule has 1 aliphatic carbocycles. The Labute approximate surface area is 103 Å². The highest BCUT2D eigenvalue weighted by Gasteiger charge is 2.29. The Morgan fingerprint density at radius 3 is 2.88 bits per heavy atom. The molecule has 4 nitrogen and oxygen atoms in total. The zero-order chi connectivity index (χ0) is 12.3. The second-order valence-corrected chi connectivity index (χ2v) is 4.75. The summed E-state index contributed by atoms with van der Waals surface area (Å²) in [6, 6.07) is 0.622. The van der Waals surface area contributed by atoms with E-state index in [0.717, 1.165) is 32.4 Å². The van der Waals surface area contributed by atoms with Gasteiger partial charge in [0.2, 0.25) is 0 Å². The van der Waals surface area contributed by atoms with Gasteiger partial charge in [-0.1, -0.05) is 6.92 Å². The van der Waals surface area contributed by atoms with Gasteiger partial charge in [-0.25, -0.2) is 0 Å². The van der Waals surface area contributed by atoms with Crippen molar-refractivity contribution in [2.24, 2.45) is 7.05 Å². The first-order chi connectivity index (χ1) is 8.22. The highest BCUT2D eigenvalue weighted by molar-refractivity contribution is 5.17. The molecule has 17 heavy (non-hydrogen) atoms. The molecule has 1 heterocycles. The molecular weight excluding hydrogens is 214 g/mol. The molecule has 0 aromatic carbocycles. The van der Waals surface area contributed by atoms with Crippen LogP contribution in [0.4, 0.5) is 0 Å². The maximum absolute atomic E-state index is 5.55. The second-order valence-electron chi connectivity index (χ2n) is 4.75. The minimum atomic E-state index is 0.483. The number of nitrogens with one attached hydrogen (secondary N) is 1. The van der Waals surface area contributed by atoms with Crippen LogP contribution < -0.4 is 5.32 Å². The van der Waals surface area contributed by atoms with Crippen molar-refractivity contribution in [1.82, 2.24) is 15.1 Å². The topological polar surface area (TPSA) is 39.1 Å². The molecule has 0 bridgehead atoms. The van der Waals surface area contributed by atoms with Gasteiger partial charge >= 0.3 is 0 Å². The minimum Gasteiger partial charge on any atom is -0.378 e. The molecule has 0 saturated heterocycles. The van der Waals surface area contributed by atoms with Crippen LogP contribution in [0, 0.1) is 0 Å². The number of ether oxygens (including phenoxy) is 1. The van der Waals surface area contributed by atoms with Gasteiger partial charge in [-0.3, -0.25) is 4.68 Å². The number of rotatable bonds is 6. The highest BCUT2D eigenvalue weighted by atomic mass is 16.5. The van der Waals surface area contributed by atoms with Gasteiger partial charge in [0, 0.05) is 38.0 Å².